The Morgan fingerprint density at radius 2 is 2.30 bits per heavy atom. The summed E-state index contributed by atoms with van der Waals surface area (Å²) in [5.74, 6) is 1.40. The molecule has 0 radical (unpaired) electrons. The molecule has 0 aromatic rings. The van der Waals surface area contributed by atoms with E-state index in [2.05, 4.69) is 60.7 Å². The summed E-state index contributed by atoms with van der Waals surface area (Å²) in [4.78, 5) is 8.31. The van der Waals surface area contributed by atoms with Crippen LogP contribution in [0.5, 0.6) is 0 Å². The van der Waals surface area contributed by atoms with Gasteiger partial charge in [-0.25, -0.2) is 0 Å². The first-order valence-corrected chi connectivity index (χ1v) is 7.05. The highest BCUT2D eigenvalue weighted by Crippen LogP contribution is 2.25. The van der Waals surface area contributed by atoms with Gasteiger partial charge in [0, 0.05) is 25.6 Å². The van der Waals surface area contributed by atoms with E-state index in [0.717, 1.165) is 36.4 Å². The first-order chi connectivity index (χ1) is 9.62. The van der Waals surface area contributed by atoms with Gasteiger partial charge in [-0.2, -0.15) is 0 Å². The van der Waals surface area contributed by atoms with Crippen molar-refractivity contribution < 1.29 is 0 Å². The molecule has 0 fully saturated rings. The average molecular weight is 271 g/mol. The Labute approximate surface area is 122 Å². The minimum Gasteiger partial charge on any atom is -0.348 e. The van der Waals surface area contributed by atoms with Crippen molar-refractivity contribution >= 4 is 12.6 Å². The lowest BCUT2D eigenvalue weighted by Gasteiger charge is -2.16. The summed E-state index contributed by atoms with van der Waals surface area (Å²) in [6.45, 7) is 11.8. The lowest BCUT2D eigenvalue weighted by Crippen LogP contribution is -2.17. The first-order valence-electron chi connectivity index (χ1n) is 7.05. The SMILES string of the molecule is C=NC(=CNC(CCC)=NC)C1=CCC(C(=C)C)C=C1. The molecule has 20 heavy (non-hydrogen) atoms. The molecule has 0 aliphatic heterocycles. The number of aliphatic imine (C=N–C) groups is 2. The highest BCUT2D eigenvalue weighted by atomic mass is 15.0. The van der Waals surface area contributed by atoms with E-state index in [1.54, 1.807) is 7.05 Å². The molecule has 3 nitrogen and oxygen atoms in total. The van der Waals surface area contributed by atoms with Crippen molar-refractivity contribution in [3.05, 3.63) is 47.9 Å². The number of amidine groups is 1. The molecule has 0 saturated carbocycles. The quantitative estimate of drug-likeness (QED) is 0.442. The van der Waals surface area contributed by atoms with Gasteiger partial charge in [-0.3, -0.25) is 9.98 Å². The molecule has 1 N–H and O–H groups in total. The zero-order valence-electron chi connectivity index (χ0n) is 12.8. The minimum absolute atomic E-state index is 0.436. The summed E-state index contributed by atoms with van der Waals surface area (Å²) in [6, 6.07) is 0. The molecule has 0 heterocycles. The lowest BCUT2D eigenvalue weighted by molar-refractivity contribution is 0.764. The number of allylic oxidation sites excluding steroid dienone is 4. The van der Waals surface area contributed by atoms with E-state index in [1.807, 2.05) is 6.20 Å². The maximum atomic E-state index is 4.21. The second-order valence-corrected chi connectivity index (χ2v) is 4.96. The van der Waals surface area contributed by atoms with E-state index in [9.17, 15) is 0 Å². The van der Waals surface area contributed by atoms with Gasteiger partial charge in [0.1, 0.15) is 0 Å². The summed E-state index contributed by atoms with van der Waals surface area (Å²) in [7, 11) is 1.80. The third kappa shape index (κ3) is 4.65. The van der Waals surface area contributed by atoms with E-state index in [1.165, 1.54) is 5.57 Å². The van der Waals surface area contributed by atoms with Crippen molar-refractivity contribution in [1.29, 1.82) is 0 Å². The molecule has 0 aromatic carbocycles. The van der Waals surface area contributed by atoms with Crippen molar-refractivity contribution in [3.8, 4) is 0 Å². The summed E-state index contributed by atoms with van der Waals surface area (Å²) in [5.41, 5.74) is 3.13. The van der Waals surface area contributed by atoms with Gasteiger partial charge in [0.05, 0.1) is 11.5 Å². The molecule has 0 saturated heterocycles. The molecule has 1 aliphatic rings. The molecule has 0 spiro atoms. The van der Waals surface area contributed by atoms with Gasteiger partial charge >= 0.3 is 0 Å². The number of hydrogen-bond acceptors (Lipinski definition) is 2. The predicted octanol–water partition coefficient (Wildman–Crippen LogP) is 4.03. The molecule has 0 amide bonds. The van der Waals surface area contributed by atoms with Crippen molar-refractivity contribution in [2.24, 2.45) is 15.9 Å². The summed E-state index contributed by atoms with van der Waals surface area (Å²) < 4.78 is 0. The monoisotopic (exact) mass is 271 g/mol. The van der Waals surface area contributed by atoms with E-state index in [4.69, 9.17) is 0 Å². The van der Waals surface area contributed by atoms with Crippen LogP contribution in [0.2, 0.25) is 0 Å². The molecule has 1 unspecified atom stereocenters. The van der Waals surface area contributed by atoms with Crippen LogP contribution in [-0.2, 0) is 0 Å². The standard InChI is InChI=1S/C17H25N3/c1-6-7-17(19-5)20-12-16(18-4)15-10-8-14(9-11-15)13(2)3/h8,10-12,14H,2,4,6-7,9H2,1,3,5H3,(H,19,20). The smallest absolute Gasteiger partial charge is 0.0999 e. The highest BCUT2D eigenvalue weighted by Gasteiger charge is 2.11. The number of rotatable bonds is 6. The normalized spacial score (nSPS) is 19.6. The zero-order chi connectivity index (χ0) is 15.0. The van der Waals surface area contributed by atoms with Gasteiger partial charge in [0.25, 0.3) is 0 Å². The van der Waals surface area contributed by atoms with Crippen LogP contribution in [0.25, 0.3) is 0 Å². The molecule has 0 bridgehead atoms. The predicted molar refractivity (Wildman–Crippen MR) is 89.2 cm³/mol. The molecular formula is C17H25N3. The second kappa shape index (κ2) is 8.31. The Bertz CT molecular complexity index is 478. The Balaban J connectivity index is 2.75. The number of nitrogens with one attached hydrogen (secondary N) is 1. The van der Waals surface area contributed by atoms with Crippen LogP contribution in [0.1, 0.15) is 33.1 Å². The van der Waals surface area contributed by atoms with Gasteiger partial charge in [0.2, 0.25) is 0 Å². The van der Waals surface area contributed by atoms with Gasteiger partial charge in [-0.1, -0.05) is 37.3 Å². The maximum Gasteiger partial charge on any atom is 0.0999 e. The van der Waals surface area contributed by atoms with Gasteiger partial charge in [-0.05, 0) is 32.1 Å². The van der Waals surface area contributed by atoms with Gasteiger partial charge in [-0.15, -0.1) is 0 Å². The van der Waals surface area contributed by atoms with Crippen LogP contribution in [0, 0.1) is 5.92 Å². The fourth-order valence-electron chi connectivity index (χ4n) is 2.03. The molecule has 108 valence electrons. The third-order valence-corrected chi connectivity index (χ3v) is 3.33. The van der Waals surface area contributed by atoms with Crippen LogP contribution in [0.4, 0.5) is 0 Å². The summed E-state index contributed by atoms with van der Waals surface area (Å²) in [5, 5.41) is 3.21. The van der Waals surface area contributed by atoms with Crippen LogP contribution in [0.15, 0.2) is 57.8 Å². The van der Waals surface area contributed by atoms with Crippen molar-refractivity contribution in [2.75, 3.05) is 7.05 Å². The summed E-state index contributed by atoms with van der Waals surface area (Å²) >= 11 is 0. The second-order valence-electron chi connectivity index (χ2n) is 4.96. The fraction of sp³-hybridized carbons (Fsp3) is 0.412. The molecule has 1 aliphatic carbocycles. The Hall–Kier alpha value is -1.90. The topological polar surface area (TPSA) is 36.8 Å². The summed E-state index contributed by atoms with van der Waals surface area (Å²) in [6.07, 6.45) is 11.3. The number of nitrogens with zero attached hydrogens (tertiary/aromatic N) is 2. The average Bonchev–Trinajstić information content (AvgIpc) is 2.47. The van der Waals surface area contributed by atoms with Crippen LogP contribution in [-0.4, -0.2) is 19.6 Å². The zero-order valence-corrected chi connectivity index (χ0v) is 12.8. The Morgan fingerprint density at radius 3 is 2.75 bits per heavy atom. The van der Waals surface area contributed by atoms with Crippen LogP contribution < -0.4 is 5.32 Å². The first kappa shape index (κ1) is 16.2. The maximum absolute atomic E-state index is 4.21. The fourth-order valence-corrected chi connectivity index (χ4v) is 2.03. The number of hydrogen-bond donors (Lipinski definition) is 1. The Kier molecular flexibility index (Phi) is 6.71. The molecule has 3 heteroatoms. The molecule has 0 aromatic heterocycles. The van der Waals surface area contributed by atoms with Crippen LogP contribution >= 0.6 is 0 Å². The van der Waals surface area contributed by atoms with E-state index in [-0.39, 0.29) is 0 Å². The van der Waals surface area contributed by atoms with E-state index in [0.29, 0.717) is 5.92 Å². The molecule has 1 rings (SSSR count). The van der Waals surface area contributed by atoms with Gasteiger partial charge < -0.3 is 5.32 Å². The molecular weight excluding hydrogens is 246 g/mol. The van der Waals surface area contributed by atoms with E-state index >= 15 is 0 Å². The van der Waals surface area contributed by atoms with Crippen molar-refractivity contribution in [2.45, 2.75) is 33.1 Å². The highest BCUT2D eigenvalue weighted by molar-refractivity contribution is 5.83. The van der Waals surface area contributed by atoms with E-state index < -0.39 is 0 Å². The lowest BCUT2D eigenvalue weighted by atomic mass is 9.91. The van der Waals surface area contributed by atoms with Gasteiger partial charge in [0.15, 0.2) is 0 Å². The van der Waals surface area contributed by atoms with Crippen LogP contribution in [0.3, 0.4) is 0 Å². The Morgan fingerprint density at radius 1 is 1.55 bits per heavy atom. The minimum atomic E-state index is 0.436. The largest absolute Gasteiger partial charge is 0.348 e. The van der Waals surface area contributed by atoms with Crippen molar-refractivity contribution in [3.63, 3.8) is 0 Å². The van der Waals surface area contributed by atoms with Crippen molar-refractivity contribution in [1.82, 2.24) is 5.32 Å². The third-order valence-electron chi connectivity index (χ3n) is 3.33. The molecule has 1 atom stereocenters.